The van der Waals surface area contributed by atoms with E-state index in [-0.39, 0.29) is 11.8 Å². The number of nitrogens with one attached hydrogen (secondary N) is 2. The molecule has 120 valence electrons. The zero-order valence-corrected chi connectivity index (χ0v) is 13.9. The molecule has 0 aliphatic heterocycles. The van der Waals surface area contributed by atoms with E-state index in [0.717, 1.165) is 29.2 Å². The number of hydrogen-bond acceptors (Lipinski definition) is 3. The molecule has 1 saturated carbocycles. The Morgan fingerprint density at radius 2 is 1.82 bits per heavy atom. The second kappa shape index (κ2) is 8.83. The number of carbonyl (C=O) groups is 2. The van der Waals surface area contributed by atoms with E-state index in [1.165, 1.54) is 26.2 Å². The van der Waals surface area contributed by atoms with Gasteiger partial charge in [0, 0.05) is 35.7 Å². The summed E-state index contributed by atoms with van der Waals surface area (Å²) < 4.78 is 0. The summed E-state index contributed by atoms with van der Waals surface area (Å²) in [6, 6.07) is 8.09. The third-order valence-corrected chi connectivity index (χ3v) is 4.76. The summed E-state index contributed by atoms with van der Waals surface area (Å²) in [4.78, 5) is 24.0. The van der Waals surface area contributed by atoms with Crippen LogP contribution in [0.2, 0.25) is 0 Å². The molecule has 0 bridgehead atoms. The van der Waals surface area contributed by atoms with Gasteiger partial charge in [0.15, 0.2) is 0 Å². The lowest BCUT2D eigenvalue weighted by Crippen LogP contribution is -2.36. The lowest BCUT2D eigenvalue weighted by Gasteiger charge is -2.22. The summed E-state index contributed by atoms with van der Waals surface area (Å²) in [7, 11) is 0. The Morgan fingerprint density at radius 3 is 2.45 bits per heavy atom. The van der Waals surface area contributed by atoms with Crippen LogP contribution in [0.3, 0.4) is 0 Å². The molecular formula is C17H24N2O2S. The first-order valence-corrected chi connectivity index (χ1v) is 8.92. The Bertz CT molecular complexity index is 496. The Labute approximate surface area is 136 Å². The van der Waals surface area contributed by atoms with Crippen molar-refractivity contribution in [2.24, 2.45) is 0 Å². The van der Waals surface area contributed by atoms with Crippen LogP contribution in [0.25, 0.3) is 0 Å². The topological polar surface area (TPSA) is 58.2 Å². The molecule has 1 aliphatic rings. The molecule has 0 unspecified atom stereocenters. The van der Waals surface area contributed by atoms with Crippen molar-refractivity contribution in [3.8, 4) is 0 Å². The SMILES string of the molecule is CC(=O)Nc1ccc(SCCC(=O)NC2CCCCC2)cc1. The second-order valence-electron chi connectivity index (χ2n) is 5.71. The molecule has 1 aromatic carbocycles. The lowest BCUT2D eigenvalue weighted by atomic mass is 9.95. The van der Waals surface area contributed by atoms with Crippen molar-refractivity contribution in [1.29, 1.82) is 0 Å². The summed E-state index contributed by atoms with van der Waals surface area (Å²) in [5.41, 5.74) is 0.798. The second-order valence-corrected chi connectivity index (χ2v) is 6.87. The van der Waals surface area contributed by atoms with Gasteiger partial charge in [0.05, 0.1) is 0 Å². The van der Waals surface area contributed by atoms with Gasteiger partial charge in [0.1, 0.15) is 0 Å². The fourth-order valence-electron chi connectivity index (χ4n) is 2.65. The highest BCUT2D eigenvalue weighted by molar-refractivity contribution is 7.99. The largest absolute Gasteiger partial charge is 0.353 e. The van der Waals surface area contributed by atoms with Gasteiger partial charge in [-0.3, -0.25) is 9.59 Å². The van der Waals surface area contributed by atoms with Crippen LogP contribution in [-0.4, -0.2) is 23.6 Å². The maximum atomic E-state index is 11.9. The molecule has 1 aromatic rings. The zero-order valence-electron chi connectivity index (χ0n) is 13.1. The molecule has 1 aliphatic carbocycles. The highest BCUT2D eigenvalue weighted by Crippen LogP contribution is 2.21. The van der Waals surface area contributed by atoms with Gasteiger partial charge in [-0.1, -0.05) is 19.3 Å². The smallest absolute Gasteiger partial charge is 0.221 e. The van der Waals surface area contributed by atoms with Gasteiger partial charge >= 0.3 is 0 Å². The van der Waals surface area contributed by atoms with E-state index in [9.17, 15) is 9.59 Å². The van der Waals surface area contributed by atoms with Gasteiger partial charge in [-0.2, -0.15) is 0 Å². The number of rotatable bonds is 6. The van der Waals surface area contributed by atoms with Crippen LogP contribution in [-0.2, 0) is 9.59 Å². The lowest BCUT2D eigenvalue weighted by molar-refractivity contribution is -0.121. The average molecular weight is 320 g/mol. The zero-order chi connectivity index (χ0) is 15.8. The van der Waals surface area contributed by atoms with Crippen LogP contribution in [0.1, 0.15) is 45.4 Å². The Hall–Kier alpha value is -1.49. The quantitative estimate of drug-likeness (QED) is 0.788. The van der Waals surface area contributed by atoms with E-state index in [4.69, 9.17) is 0 Å². The Kier molecular flexibility index (Phi) is 6.77. The molecule has 0 saturated heterocycles. The predicted molar refractivity (Wildman–Crippen MR) is 91.1 cm³/mol. The first-order chi connectivity index (χ1) is 10.6. The van der Waals surface area contributed by atoms with E-state index in [2.05, 4.69) is 10.6 Å². The van der Waals surface area contributed by atoms with Crippen molar-refractivity contribution in [3.63, 3.8) is 0 Å². The van der Waals surface area contributed by atoms with E-state index in [1.54, 1.807) is 11.8 Å². The minimum Gasteiger partial charge on any atom is -0.353 e. The third-order valence-electron chi connectivity index (χ3n) is 3.74. The van der Waals surface area contributed by atoms with Crippen molar-refractivity contribution in [2.75, 3.05) is 11.1 Å². The van der Waals surface area contributed by atoms with E-state index in [0.29, 0.717) is 12.5 Å². The van der Waals surface area contributed by atoms with Gasteiger partial charge in [-0.25, -0.2) is 0 Å². The van der Waals surface area contributed by atoms with Crippen molar-refractivity contribution >= 4 is 29.3 Å². The molecule has 2 rings (SSSR count). The molecule has 5 heteroatoms. The average Bonchev–Trinajstić information content (AvgIpc) is 2.49. The first kappa shape index (κ1) is 16.9. The van der Waals surface area contributed by atoms with E-state index >= 15 is 0 Å². The Morgan fingerprint density at radius 1 is 1.14 bits per heavy atom. The fraction of sp³-hybridized carbons (Fsp3) is 0.529. The minimum atomic E-state index is -0.0696. The number of benzene rings is 1. The normalized spacial score (nSPS) is 15.3. The van der Waals surface area contributed by atoms with E-state index in [1.807, 2.05) is 24.3 Å². The molecular weight excluding hydrogens is 296 g/mol. The predicted octanol–water partition coefficient (Wildman–Crippen LogP) is 3.58. The highest BCUT2D eigenvalue weighted by atomic mass is 32.2. The maximum Gasteiger partial charge on any atom is 0.221 e. The molecule has 0 radical (unpaired) electrons. The van der Waals surface area contributed by atoms with Crippen molar-refractivity contribution in [2.45, 2.75) is 56.4 Å². The van der Waals surface area contributed by atoms with Crippen LogP contribution in [0, 0.1) is 0 Å². The van der Waals surface area contributed by atoms with Gasteiger partial charge < -0.3 is 10.6 Å². The standard InChI is InChI=1S/C17H24N2O2S/c1-13(20)18-15-7-9-16(10-8-15)22-12-11-17(21)19-14-5-3-2-4-6-14/h7-10,14H,2-6,11-12H2,1H3,(H,18,20)(H,19,21). The summed E-state index contributed by atoms with van der Waals surface area (Å²) in [5, 5.41) is 5.88. The van der Waals surface area contributed by atoms with Crippen molar-refractivity contribution in [3.05, 3.63) is 24.3 Å². The summed E-state index contributed by atoms with van der Waals surface area (Å²) in [5.74, 6) is 0.868. The maximum absolute atomic E-state index is 11.9. The number of thioether (sulfide) groups is 1. The van der Waals surface area contributed by atoms with Crippen LogP contribution in [0.15, 0.2) is 29.2 Å². The minimum absolute atomic E-state index is 0.0696. The summed E-state index contributed by atoms with van der Waals surface area (Å²) in [6.45, 7) is 1.49. The van der Waals surface area contributed by atoms with Crippen LogP contribution < -0.4 is 10.6 Å². The van der Waals surface area contributed by atoms with Crippen LogP contribution in [0.4, 0.5) is 5.69 Å². The molecule has 2 N–H and O–H groups in total. The molecule has 4 nitrogen and oxygen atoms in total. The summed E-state index contributed by atoms with van der Waals surface area (Å²) in [6.07, 6.45) is 6.58. The molecule has 0 aromatic heterocycles. The Balaban J connectivity index is 1.67. The van der Waals surface area contributed by atoms with Crippen molar-refractivity contribution in [1.82, 2.24) is 5.32 Å². The monoisotopic (exact) mass is 320 g/mol. The number of amides is 2. The third kappa shape index (κ3) is 6.10. The van der Waals surface area contributed by atoms with Crippen LogP contribution in [0.5, 0.6) is 0 Å². The number of carbonyl (C=O) groups excluding carboxylic acids is 2. The van der Waals surface area contributed by atoms with E-state index < -0.39 is 0 Å². The molecule has 0 heterocycles. The van der Waals surface area contributed by atoms with Gasteiger partial charge in [0.25, 0.3) is 0 Å². The van der Waals surface area contributed by atoms with Gasteiger partial charge in [-0.05, 0) is 37.1 Å². The summed E-state index contributed by atoms with van der Waals surface area (Å²) >= 11 is 1.66. The molecule has 2 amide bonds. The molecule has 0 spiro atoms. The van der Waals surface area contributed by atoms with Crippen molar-refractivity contribution < 1.29 is 9.59 Å². The number of hydrogen-bond donors (Lipinski definition) is 2. The van der Waals surface area contributed by atoms with Crippen LogP contribution >= 0.6 is 11.8 Å². The van der Waals surface area contributed by atoms with Gasteiger partial charge in [0.2, 0.25) is 11.8 Å². The molecule has 22 heavy (non-hydrogen) atoms. The number of anilines is 1. The fourth-order valence-corrected chi connectivity index (χ4v) is 3.50. The van der Waals surface area contributed by atoms with Gasteiger partial charge in [-0.15, -0.1) is 11.8 Å². The first-order valence-electron chi connectivity index (χ1n) is 7.93. The highest BCUT2D eigenvalue weighted by Gasteiger charge is 2.15. The molecule has 1 fully saturated rings. The molecule has 0 atom stereocenters.